The molecule has 1 aliphatic rings. The van der Waals surface area contributed by atoms with Crippen molar-refractivity contribution >= 4 is 11.8 Å². The number of ether oxygens (including phenoxy) is 1. The van der Waals surface area contributed by atoms with E-state index < -0.39 is 0 Å². The number of hydrogen-bond acceptors (Lipinski definition) is 3. The van der Waals surface area contributed by atoms with Crippen LogP contribution < -0.4 is 5.32 Å². The van der Waals surface area contributed by atoms with Crippen LogP contribution in [0.25, 0.3) is 0 Å². The van der Waals surface area contributed by atoms with E-state index in [0.29, 0.717) is 0 Å². The van der Waals surface area contributed by atoms with Crippen molar-refractivity contribution in [1.29, 1.82) is 0 Å². The first-order valence-corrected chi connectivity index (χ1v) is 6.20. The van der Waals surface area contributed by atoms with Crippen LogP contribution in [0.4, 0.5) is 0 Å². The summed E-state index contributed by atoms with van der Waals surface area (Å²) in [5, 5.41) is 3.34. The van der Waals surface area contributed by atoms with Gasteiger partial charge < -0.3 is 10.1 Å². The lowest BCUT2D eigenvalue weighted by Gasteiger charge is -2.23. The molecule has 0 amide bonds. The third-order valence-electron chi connectivity index (χ3n) is 2.48. The quantitative estimate of drug-likeness (QED) is 0.831. The summed E-state index contributed by atoms with van der Waals surface area (Å²) in [6.45, 7) is 7.02. The Labute approximate surface area is 95.4 Å². The Hall–Kier alpha value is -0.510. The van der Waals surface area contributed by atoms with Crippen LogP contribution in [-0.4, -0.2) is 25.1 Å². The van der Waals surface area contributed by atoms with Crippen molar-refractivity contribution < 1.29 is 4.74 Å². The van der Waals surface area contributed by atoms with Crippen LogP contribution in [0.15, 0.2) is 23.1 Å². The van der Waals surface area contributed by atoms with E-state index in [9.17, 15) is 0 Å². The standard InChI is InChI=1S/C12H17NOS/c1-9-3-4-11(10(2)7-9)15-12-8-13-5-6-14-12/h3-4,7,12-13H,5-6,8H2,1-2H3. The third kappa shape index (κ3) is 2.97. The van der Waals surface area contributed by atoms with Crippen molar-refractivity contribution in [2.45, 2.75) is 24.2 Å². The van der Waals surface area contributed by atoms with E-state index in [2.05, 4.69) is 37.4 Å². The lowest BCUT2D eigenvalue weighted by Crippen LogP contribution is -2.36. The molecule has 1 aliphatic heterocycles. The maximum Gasteiger partial charge on any atom is 0.120 e. The highest BCUT2D eigenvalue weighted by atomic mass is 32.2. The van der Waals surface area contributed by atoms with Crippen LogP contribution in [0, 0.1) is 13.8 Å². The van der Waals surface area contributed by atoms with E-state index in [-0.39, 0.29) is 5.44 Å². The van der Waals surface area contributed by atoms with Crippen molar-refractivity contribution in [3.05, 3.63) is 29.3 Å². The third-order valence-corrected chi connectivity index (χ3v) is 3.76. The van der Waals surface area contributed by atoms with Crippen LogP contribution in [0.3, 0.4) is 0 Å². The lowest BCUT2D eigenvalue weighted by atomic mass is 10.2. The van der Waals surface area contributed by atoms with E-state index in [1.54, 1.807) is 0 Å². The second-order valence-electron chi connectivity index (χ2n) is 3.89. The van der Waals surface area contributed by atoms with Crippen molar-refractivity contribution in [1.82, 2.24) is 5.32 Å². The Bertz CT molecular complexity index is 334. The molecule has 1 heterocycles. The minimum Gasteiger partial charge on any atom is -0.365 e. The molecule has 1 saturated heterocycles. The molecule has 3 heteroatoms. The van der Waals surface area contributed by atoms with Crippen LogP contribution in [0.1, 0.15) is 11.1 Å². The van der Waals surface area contributed by atoms with Gasteiger partial charge in [-0.1, -0.05) is 29.5 Å². The van der Waals surface area contributed by atoms with Gasteiger partial charge in [0.1, 0.15) is 5.44 Å². The summed E-state index contributed by atoms with van der Waals surface area (Å²) < 4.78 is 5.67. The van der Waals surface area contributed by atoms with Gasteiger partial charge in [0.15, 0.2) is 0 Å². The molecular formula is C12H17NOS. The van der Waals surface area contributed by atoms with Crippen molar-refractivity contribution in [2.24, 2.45) is 0 Å². The topological polar surface area (TPSA) is 21.3 Å². The molecule has 0 radical (unpaired) electrons. The molecule has 0 saturated carbocycles. The Morgan fingerprint density at radius 2 is 2.27 bits per heavy atom. The first kappa shape index (κ1) is 11.0. The minimum absolute atomic E-state index is 0.264. The summed E-state index contributed by atoms with van der Waals surface area (Å²) in [4.78, 5) is 1.33. The normalized spacial score (nSPS) is 21.6. The SMILES string of the molecule is Cc1ccc(SC2CNCCO2)c(C)c1. The highest BCUT2D eigenvalue weighted by Gasteiger charge is 2.15. The highest BCUT2D eigenvalue weighted by molar-refractivity contribution is 7.99. The van der Waals surface area contributed by atoms with Gasteiger partial charge in [0, 0.05) is 18.0 Å². The first-order chi connectivity index (χ1) is 7.25. The fourth-order valence-electron chi connectivity index (χ4n) is 1.69. The van der Waals surface area contributed by atoms with E-state index in [1.807, 2.05) is 11.8 Å². The Kier molecular flexibility index (Phi) is 3.67. The second-order valence-corrected chi connectivity index (χ2v) is 5.09. The number of rotatable bonds is 2. The van der Waals surface area contributed by atoms with Crippen LogP contribution >= 0.6 is 11.8 Å². The minimum atomic E-state index is 0.264. The Morgan fingerprint density at radius 3 is 2.93 bits per heavy atom. The molecule has 1 N–H and O–H groups in total. The zero-order chi connectivity index (χ0) is 10.7. The predicted octanol–water partition coefficient (Wildman–Crippen LogP) is 2.34. The van der Waals surface area contributed by atoms with E-state index >= 15 is 0 Å². The molecule has 15 heavy (non-hydrogen) atoms. The van der Waals surface area contributed by atoms with E-state index in [1.165, 1.54) is 16.0 Å². The van der Waals surface area contributed by atoms with Gasteiger partial charge >= 0.3 is 0 Å². The van der Waals surface area contributed by atoms with E-state index in [4.69, 9.17) is 4.74 Å². The lowest BCUT2D eigenvalue weighted by molar-refractivity contribution is 0.0852. The van der Waals surface area contributed by atoms with Gasteiger partial charge in [-0.15, -0.1) is 0 Å². The molecular weight excluding hydrogens is 206 g/mol. The first-order valence-electron chi connectivity index (χ1n) is 5.32. The molecule has 0 aliphatic carbocycles. The maximum absolute atomic E-state index is 5.67. The summed E-state index contributed by atoms with van der Waals surface area (Å²) in [6, 6.07) is 6.57. The van der Waals surface area contributed by atoms with E-state index in [0.717, 1.165) is 19.7 Å². The number of aryl methyl sites for hydroxylation is 2. The number of benzene rings is 1. The molecule has 0 spiro atoms. The zero-order valence-corrected chi connectivity index (χ0v) is 10.1. The largest absolute Gasteiger partial charge is 0.365 e. The average Bonchev–Trinajstić information content (AvgIpc) is 2.24. The maximum atomic E-state index is 5.67. The smallest absolute Gasteiger partial charge is 0.120 e. The fraction of sp³-hybridized carbons (Fsp3) is 0.500. The molecule has 1 atom stereocenters. The van der Waals surface area contributed by atoms with Crippen LogP contribution in [0.2, 0.25) is 0 Å². The summed E-state index contributed by atoms with van der Waals surface area (Å²) in [7, 11) is 0. The van der Waals surface area contributed by atoms with Crippen LogP contribution in [0.5, 0.6) is 0 Å². The van der Waals surface area contributed by atoms with Crippen molar-refractivity contribution in [2.75, 3.05) is 19.7 Å². The number of thioether (sulfide) groups is 1. The Balaban J connectivity index is 2.03. The molecule has 2 nitrogen and oxygen atoms in total. The number of hydrogen-bond donors (Lipinski definition) is 1. The predicted molar refractivity (Wildman–Crippen MR) is 64.4 cm³/mol. The van der Waals surface area contributed by atoms with Gasteiger partial charge in [-0.2, -0.15) is 0 Å². The average molecular weight is 223 g/mol. The fourth-order valence-corrected chi connectivity index (χ4v) is 2.73. The molecule has 1 fully saturated rings. The second kappa shape index (κ2) is 5.01. The molecule has 1 aromatic carbocycles. The van der Waals surface area contributed by atoms with Gasteiger partial charge in [-0.3, -0.25) is 0 Å². The van der Waals surface area contributed by atoms with Gasteiger partial charge in [0.05, 0.1) is 6.61 Å². The number of nitrogens with one attached hydrogen (secondary N) is 1. The molecule has 2 rings (SSSR count). The Morgan fingerprint density at radius 1 is 1.40 bits per heavy atom. The van der Waals surface area contributed by atoms with Gasteiger partial charge in [0.2, 0.25) is 0 Å². The van der Waals surface area contributed by atoms with Crippen molar-refractivity contribution in [3.63, 3.8) is 0 Å². The zero-order valence-electron chi connectivity index (χ0n) is 9.25. The van der Waals surface area contributed by atoms with Gasteiger partial charge in [0.25, 0.3) is 0 Å². The molecule has 0 aromatic heterocycles. The number of morpholine rings is 1. The molecule has 0 bridgehead atoms. The summed E-state index contributed by atoms with van der Waals surface area (Å²) >= 11 is 1.82. The molecule has 1 unspecified atom stereocenters. The van der Waals surface area contributed by atoms with Crippen LogP contribution in [-0.2, 0) is 4.74 Å². The summed E-state index contributed by atoms with van der Waals surface area (Å²) in [6.07, 6.45) is 0. The summed E-state index contributed by atoms with van der Waals surface area (Å²) in [5.74, 6) is 0. The van der Waals surface area contributed by atoms with Gasteiger partial charge in [-0.05, 0) is 25.5 Å². The summed E-state index contributed by atoms with van der Waals surface area (Å²) in [5.41, 5.74) is 2.92. The molecule has 82 valence electrons. The van der Waals surface area contributed by atoms with Crippen molar-refractivity contribution in [3.8, 4) is 0 Å². The van der Waals surface area contributed by atoms with Gasteiger partial charge in [-0.25, -0.2) is 0 Å². The monoisotopic (exact) mass is 223 g/mol. The molecule has 1 aromatic rings. The highest BCUT2D eigenvalue weighted by Crippen LogP contribution is 2.28.